The lowest BCUT2D eigenvalue weighted by atomic mass is 9.43. The first kappa shape index (κ1) is 30.5. The number of benzene rings is 6. The third kappa shape index (κ3) is 4.31. The summed E-state index contributed by atoms with van der Waals surface area (Å²) in [6, 6.07) is 50.4. The van der Waals surface area contributed by atoms with E-state index < -0.39 is 0 Å². The average molecular weight is 695 g/mol. The van der Waals surface area contributed by atoms with Crippen LogP contribution >= 0.6 is 0 Å². The van der Waals surface area contributed by atoms with E-state index in [4.69, 9.17) is 19.9 Å². The van der Waals surface area contributed by atoms with Crippen LogP contribution in [0.4, 0.5) is 0 Å². The van der Waals surface area contributed by atoms with Crippen LogP contribution in [-0.4, -0.2) is 19.9 Å². The minimum atomic E-state index is 0.0442. The monoisotopic (exact) mass is 694 g/mol. The lowest BCUT2D eigenvalue weighted by molar-refractivity contribution is -0.0399. The highest BCUT2D eigenvalue weighted by Gasteiger charge is 2.62. The summed E-state index contributed by atoms with van der Waals surface area (Å²) in [4.78, 5) is 20.6. The molecule has 6 aromatic carbocycles. The number of pyridine rings is 1. The molecule has 0 radical (unpaired) electrons. The molecule has 0 atom stereocenters. The zero-order valence-electron chi connectivity index (χ0n) is 30.0. The zero-order chi connectivity index (χ0) is 35.4. The van der Waals surface area contributed by atoms with E-state index in [1.165, 1.54) is 59.6 Å². The number of rotatable bonds is 4. The second-order valence-corrected chi connectivity index (χ2v) is 16.2. The van der Waals surface area contributed by atoms with Crippen LogP contribution < -0.4 is 0 Å². The standard InChI is InChI=1S/C50H38N4/c1-2-10-35(11-3-1)47-52-48(36-20-18-33(19-21-36)40-15-6-12-34-13-8-24-51-46(34)40)54-49(53-47)41-16-7-17-42-45(41)44-39-14-5-4-9-32(39)22-23-43(44)50(42)37-26-30-25-31(28-37)29-38(50)27-30/h1-24,30-31,37-38H,25-29H2. The van der Waals surface area contributed by atoms with E-state index in [0.29, 0.717) is 23.5 Å². The van der Waals surface area contributed by atoms with Crippen LogP contribution in [0.2, 0.25) is 0 Å². The highest BCUT2D eigenvalue weighted by atomic mass is 15.0. The Kier molecular flexibility index (Phi) is 6.49. The van der Waals surface area contributed by atoms with Crippen molar-refractivity contribution in [1.82, 2.24) is 19.9 Å². The highest BCUT2D eigenvalue weighted by molar-refractivity contribution is 6.06. The van der Waals surface area contributed by atoms with E-state index in [9.17, 15) is 0 Å². The summed E-state index contributed by atoms with van der Waals surface area (Å²) in [7, 11) is 0. The predicted octanol–water partition coefficient (Wildman–Crippen LogP) is 12.0. The molecule has 0 saturated heterocycles. The van der Waals surface area contributed by atoms with Gasteiger partial charge in [0.05, 0.1) is 5.52 Å². The van der Waals surface area contributed by atoms with Gasteiger partial charge in [0.25, 0.3) is 0 Å². The van der Waals surface area contributed by atoms with E-state index >= 15 is 0 Å². The van der Waals surface area contributed by atoms with Crippen LogP contribution in [-0.2, 0) is 5.41 Å². The Balaban J connectivity index is 1.07. The molecular formula is C50H38N4. The minimum absolute atomic E-state index is 0.0442. The van der Waals surface area contributed by atoms with Crippen molar-refractivity contribution in [3.05, 3.63) is 157 Å². The molecule has 4 nitrogen and oxygen atoms in total. The number of aromatic nitrogens is 4. The summed E-state index contributed by atoms with van der Waals surface area (Å²) < 4.78 is 0. The molecule has 4 heteroatoms. The Morgan fingerprint density at radius 1 is 0.426 bits per heavy atom. The van der Waals surface area contributed by atoms with E-state index in [0.717, 1.165) is 56.4 Å². The van der Waals surface area contributed by atoms with Crippen molar-refractivity contribution in [3.63, 3.8) is 0 Å². The quantitative estimate of drug-likeness (QED) is 0.184. The second-order valence-electron chi connectivity index (χ2n) is 16.2. The number of fused-ring (bicyclic) bond motifs is 6. The Bertz CT molecular complexity index is 2750. The molecule has 0 N–H and O–H groups in total. The van der Waals surface area contributed by atoms with Gasteiger partial charge in [-0.1, -0.05) is 133 Å². The molecule has 0 aliphatic heterocycles. The van der Waals surface area contributed by atoms with Crippen molar-refractivity contribution in [3.8, 4) is 56.4 Å². The Morgan fingerprint density at radius 2 is 1.04 bits per heavy atom. The van der Waals surface area contributed by atoms with Gasteiger partial charge in [0.1, 0.15) is 0 Å². The molecule has 4 saturated carbocycles. The largest absolute Gasteiger partial charge is 0.256 e. The molecule has 0 unspecified atom stereocenters. The molecule has 54 heavy (non-hydrogen) atoms. The predicted molar refractivity (Wildman–Crippen MR) is 218 cm³/mol. The summed E-state index contributed by atoms with van der Waals surface area (Å²) in [6.07, 6.45) is 8.70. The second kappa shape index (κ2) is 11.5. The molecule has 5 aliphatic rings. The molecule has 258 valence electrons. The summed E-state index contributed by atoms with van der Waals surface area (Å²) in [5.74, 6) is 5.23. The Morgan fingerprint density at radius 3 is 1.83 bits per heavy atom. The first-order valence-electron chi connectivity index (χ1n) is 19.6. The molecule has 8 aromatic rings. The van der Waals surface area contributed by atoms with Crippen LogP contribution in [0.1, 0.15) is 43.2 Å². The van der Waals surface area contributed by atoms with Gasteiger partial charge in [-0.05, 0) is 100 Å². The van der Waals surface area contributed by atoms with Gasteiger partial charge < -0.3 is 0 Å². The molecular weight excluding hydrogens is 657 g/mol. The number of hydrogen-bond acceptors (Lipinski definition) is 4. The maximum absolute atomic E-state index is 5.37. The zero-order valence-corrected chi connectivity index (χ0v) is 30.0. The fourth-order valence-electron chi connectivity index (χ4n) is 11.7. The summed E-state index contributed by atoms with van der Waals surface area (Å²) in [6.45, 7) is 0. The van der Waals surface area contributed by atoms with Gasteiger partial charge in [0.2, 0.25) is 0 Å². The molecule has 2 aromatic heterocycles. The third-order valence-electron chi connectivity index (χ3n) is 13.6. The van der Waals surface area contributed by atoms with E-state index in [1.54, 1.807) is 5.56 Å². The molecule has 2 heterocycles. The van der Waals surface area contributed by atoms with E-state index in [-0.39, 0.29) is 5.41 Å². The lowest BCUT2D eigenvalue weighted by Crippen LogP contribution is -2.55. The molecule has 0 amide bonds. The van der Waals surface area contributed by atoms with Crippen molar-refractivity contribution in [1.29, 1.82) is 0 Å². The summed E-state index contributed by atoms with van der Waals surface area (Å²) >= 11 is 0. The summed E-state index contributed by atoms with van der Waals surface area (Å²) in [5, 5.41) is 3.76. The van der Waals surface area contributed by atoms with Crippen molar-refractivity contribution in [2.24, 2.45) is 23.7 Å². The van der Waals surface area contributed by atoms with Gasteiger partial charge in [0.15, 0.2) is 17.5 Å². The first-order valence-corrected chi connectivity index (χ1v) is 19.6. The average Bonchev–Trinajstić information content (AvgIpc) is 3.54. The maximum atomic E-state index is 5.37. The van der Waals surface area contributed by atoms with Gasteiger partial charge in [-0.2, -0.15) is 0 Å². The maximum Gasteiger partial charge on any atom is 0.164 e. The lowest BCUT2D eigenvalue weighted by Gasteiger charge is -2.61. The Hall–Kier alpha value is -6.00. The fraction of sp³-hybridized carbons (Fsp3) is 0.200. The minimum Gasteiger partial charge on any atom is -0.256 e. The molecule has 1 spiro atoms. The van der Waals surface area contributed by atoms with Gasteiger partial charge in [-0.15, -0.1) is 0 Å². The van der Waals surface area contributed by atoms with Crippen LogP contribution in [0, 0.1) is 23.7 Å². The summed E-state index contributed by atoms with van der Waals surface area (Å²) in [5.41, 5.74) is 12.1. The van der Waals surface area contributed by atoms with Crippen molar-refractivity contribution >= 4 is 21.7 Å². The van der Waals surface area contributed by atoms with Gasteiger partial charge in [-0.25, -0.2) is 15.0 Å². The van der Waals surface area contributed by atoms with Crippen LogP contribution in [0.5, 0.6) is 0 Å². The first-order chi connectivity index (χ1) is 26.7. The Labute approximate surface area is 315 Å². The van der Waals surface area contributed by atoms with Crippen LogP contribution in [0.15, 0.2) is 146 Å². The van der Waals surface area contributed by atoms with Gasteiger partial charge in [-0.3, -0.25) is 4.98 Å². The third-order valence-corrected chi connectivity index (χ3v) is 13.6. The van der Waals surface area contributed by atoms with Crippen molar-refractivity contribution < 1.29 is 0 Å². The van der Waals surface area contributed by atoms with Gasteiger partial charge in [0, 0.05) is 39.3 Å². The van der Waals surface area contributed by atoms with E-state index in [2.05, 4.69) is 127 Å². The smallest absolute Gasteiger partial charge is 0.164 e. The van der Waals surface area contributed by atoms with E-state index in [1.807, 2.05) is 18.3 Å². The van der Waals surface area contributed by atoms with Gasteiger partial charge >= 0.3 is 0 Å². The topological polar surface area (TPSA) is 51.6 Å². The number of nitrogens with zero attached hydrogens (tertiary/aromatic N) is 4. The normalized spacial score (nSPS) is 23.3. The number of para-hydroxylation sites is 1. The SMILES string of the molecule is c1ccc(-c2nc(-c3ccc(-c4cccc5cccnc45)cc3)nc(-c3cccc4c3-c3c(ccc5ccccc35)C43C4CC5CC(C4)CC3C5)n2)cc1. The molecule has 13 rings (SSSR count). The van der Waals surface area contributed by atoms with Crippen LogP contribution in [0.3, 0.4) is 0 Å². The van der Waals surface area contributed by atoms with Crippen molar-refractivity contribution in [2.75, 3.05) is 0 Å². The molecule has 5 aliphatic carbocycles. The van der Waals surface area contributed by atoms with Crippen molar-refractivity contribution in [2.45, 2.75) is 37.5 Å². The number of hydrogen-bond donors (Lipinski definition) is 0. The molecule has 4 bridgehead atoms. The van der Waals surface area contributed by atoms with Crippen LogP contribution in [0.25, 0.3) is 78.1 Å². The molecule has 4 fully saturated rings. The highest BCUT2D eigenvalue weighted by Crippen LogP contribution is 2.70. The fourth-order valence-corrected chi connectivity index (χ4v) is 11.7.